The number of aldehydes is 1. The van der Waals surface area contributed by atoms with Gasteiger partial charge in [-0.2, -0.15) is 0 Å². The Morgan fingerprint density at radius 3 is 2.78 bits per heavy atom. The number of carbonyl (C=O) groups excluding carboxylic acids is 2. The third-order valence-corrected chi connectivity index (χ3v) is 2.51. The molecular formula is C13H16FNO3. The number of amides is 1. The minimum atomic E-state index is -0.582. The molecule has 18 heavy (non-hydrogen) atoms. The number of nitrogens with zero attached hydrogens (tertiary/aromatic N) is 1. The summed E-state index contributed by atoms with van der Waals surface area (Å²) in [6.07, 6.45) is 0.748. The van der Waals surface area contributed by atoms with Crippen molar-refractivity contribution in [3.8, 4) is 5.75 Å². The average molecular weight is 253 g/mol. The summed E-state index contributed by atoms with van der Waals surface area (Å²) in [5.41, 5.74) is 0.751. The van der Waals surface area contributed by atoms with Gasteiger partial charge in [-0.1, -0.05) is 6.07 Å². The Balaban J connectivity index is 2.61. The molecule has 1 aromatic rings. The average Bonchev–Trinajstić information content (AvgIpc) is 2.38. The highest BCUT2D eigenvalue weighted by atomic mass is 19.1. The maximum Gasteiger partial charge on any atom is 0.286 e. The van der Waals surface area contributed by atoms with Crippen molar-refractivity contribution in [3.63, 3.8) is 0 Å². The van der Waals surface area contributed by atoms with Crippen LogP contribution in [0.15, 0.2) is 18.2 Å². The van der Waals surface area contributed by atoms with Crippen LogP contribution in [0.1, 0.15) is 12.5 Å². The Kier molecular flexibility index (Phi) is 5.30. The SMILES string of the molecule is CCOc1ccc(CCN(C)C(=O)C=O)cc1F. The molecule has 0 aliphatic rings. The quantitative estimate of drug-likeness (QED) is 0.569. The van der Waals surface area contributed by atoms with Crippen LogP contribution in [-0.2, 0) is 16.0 Å². The summed E-state index contributed by atoms with van der Waals surface area (Å²) in [6.45, 7) is 2.56. The predicted molar refractivity (Wildman–Crippen MR) is 65.0 cm³/mol. The van der Waals surface area contributed by atoms with Gasteiger partial charge < -0.3 is 9.64 Å². The third-order valence-electron chi connectivity index (χ3n) is 2.51. The van der Waals surface area contributed by atoms with Gasteiger partial charge in [0.05, 0.1) is 6.61 Å². The highest BCUT2D eigenvalue weighted by Crippen LogP contribution is 2.18. The van der Waals surface area contributed by atoms with Crippen molar-refractivity contribution in [2.75, 3.05) is 20.2 Å². The Labute approximate surface area is 105 Å². The van der Waals surface area contributed by atoms with Crippen molar-refractivity contribution < 1.29 is 18.7 Å². The summed E-state index contributed by atoms with van der Waals surface area (Å²) in [6, 6.07) is 4.69. The third kappa shape index (κ3) is 3.84. The van der Waals surface area contributed by atoms with Gasteiger partial charge in [-0.3, -0.25) is 9.59 Å². The van der Waals surface area contributed by atoms with E-state index in [0.717, 1.165) is 5.56 Å². The lowest BCUT2D eigenvalue weighted by molar-refractivity contribution is -0.137. The lowest BCUT2D eigenvalue weighted by Gasteiger charge is -2.14. The van der Waals surface area contributed by atoms with Crippen molar-refractivity contribution in [3.05, 3.63) is 29.6 Å². The first-order chi connectivity index (χ1) is 8.58. The molecule has 0 unspecified atom stereocenters. The van der Waals surface area contributed by atoms with Crippen molar-refractivity contribution in [1.82, 2.24) is 4.90 Å². The van der Waals surface area contributed by atoms with Crippen LogP contribution in [0.3, 0.4) is 0 Å². The monoisotopic (exact) mass is 253 g/mol. The predicted octanol–water partition coefficient (Wildman–Crippen LogP) is 1.42. The van der Waals surface area contributed by atoms with E-state index in [1.54, 1.807) is 19.1 Å². The van der Waals surface area contributed by atoms with E-state index in [0.29, 0.717) is 19.6 Å². The van der Waals surface area contributed by atoms with Crippen LogP contribution in [-0.4, -0.2) is 37.3 Å². The van der Waals surface area contributed by atoms with E-state index in [-0.39, 0.29) is 12.0 Å². The zero-order valence-corrected chi connectivity index (χ0v) is 10.5. The number of hydrogen-bond acceptors (Lipinski definition) is 3. The van der Waals surface area contributed by atoms with Gasteiger partial charge in [0, 0.05) is 13.6 Å². The molecule has 0 aliphatic carbocycles. The molecule has 98 valence electrons. The fourth-order valence-corrected chi connectivity index (χ4v) is 1.47. The topological polar surface area (TPSA) is 46.6 Å². The van der Waals surface area contributed by atoms with Gasteiger partial charge in [-0.15, -0.1) is 0 Å². The van der Waals surface area contributed by atoms with Gasteiger partial charge in [0.2, 0.25) is 6.29 Å². The molecule has 0 bridgehead atoms. The number of benzene rings is 1. The molecule has 0 saturated heterocycles. The second kappa shape index (κ2) is 6.74. The number of ether oxygens (including phenoxy) is 1. The molecule has 0 radical (unpaired) electrons. The first-order valence-electron chi connectivity index (χ1n) is 5.70. The molecule has 0 atom stereocenters. The van der Waals surface area contributed by atoms with E-state index < -0.39 is 11.7 Å². The molecule has 0 fully saturated rings. The summed E-state index contributed by atoms with van der Waals surface area (Å²) < 4.78 is 18.6. The second-order valence-corrected chi connectivity index (χ2v) is 3.83. The van der Waals surface area contributed by atoms with Crippen LogP contribution in [0.2, 0.25) is 0 Å². The van der Waals surface area contributed by atoms with E-state index in [1.807, 2.05) is 0 Å². The van der Waals surface area contributed by atoms with Crippen molar-refractivity contribution in [1.29, 1.82) is 0 Å². The zero-order valence-electron chi connectivity index (χ0n) is 10.5. The van der Waals surface area contributed by atoms with Gasteiger partial charge in [0.15, 0.2) is 11.6 Å². The van der Waals surface area contributed by atoms with Crippen LogP contribution < -0.4 is 4.74 Å². The number of halogens is 1. The summed E-state index contributed by atoms with van der Waals surface area (Å²) in [5.74, 6) is -0.779. The van der Waals surface area contributed by atoms with E-state index in [9.17, 15) is 14.0 Å². The van der Waals surface area contributed by atoms with Crippen LogP contribution in [0, 0.1) is 5.82 Å². The van der Waals surface area contributed by atoms with E-state index >= 15 is 0 Å². The number of carbonyl (C=O) groups is 2. The highest BCUT2D eigenvalue weighted by Gasteiger charge is 2.08. The fraction of sp³-hybridized carbons (Fsp3) is 0.385. The van der Waals surface area contributed by atoms with Crippen LogP contribution in [0.5, 0.6) is 5.75 Å². The number of hydrogen-bond donors (Lipinski definition) is 0. The maximum atomic E-state index is 13.5. The molecule has 5 heteroatoms. The molecule has 0 aromatic heterocycles. The fourth-order valence-electron chi connectivity index (χ4n) is 1.47. The van der Waals surface area contributed by atoms with Gasteiger partial charge in [0.1, 0.15) is 0 Å². The summed E-state index contributed by atoms with van der Waals surface area (Å²) >= 11 is 0. The van der Waals surface area contributed by atoms with Crippen molar-refractivity contribution in [2.45, 2.75) is 13.3 Å². The number of rotatable bonds is 6. The molecule has 0 heterocycles. The molecule has 0 N–H and O–H groups in total. The van der Waals surface area contributed by atoms with Crippen LogP contribution in [0.4, 0.5) is 4.39 Å². The largest absolute Gasteiger partial charge is 0.491 e. The second-order valence-electron chi connectivity index (χ2n) is 3.83. The van der Waals surface area contributed by atoms with Crippen molar-refractivity contribution >= 4 is 12.2 Å². The van der Waals surface area contributed by atoms with Crippen molar-refractivity contribution in [2.24, 2.45) is 0 Å². The summed E-state index contributed by atoms with van der Waals surface area (Å²) in [7, 11) is 1.53. The molecule has 1 rings (SSSR count). The Hall–Kier alpha value is -1.91. The minimum absolute atomic E-state index is 0.221. The van der Waals surface area contributed by atoms with Gasteiger partial charge in [-0.05, 0) is 31.0 Å². The standard InChI is InChI=1S/C13H16FNO3/c1-3-18-12-5-4-10(8-11(12)14)6-7-15(2)13(17)9-16/h4-5,8-9H,3,6-7H2,1-2H3. The molecule has 1 aromatic carbocycles. The molecule has 1 amide bonds. The van der Waals surface area contributed by atoms with Gasteiger partial charge in [0.25, 0.3) is 5.91 Å². The molecular weight excluding hydrogens is 237 g/mol. The van der Waals surface area contributed by atoms with Gasteiger partial charge >= 0.3 is 0 Å². The van der Waals surface area contributed by atoms with E-state index in [2.05, 4.69) is 0 Å². The van der Waals surface area contributed by atoms with Gasteiger partial charge in [-0.25, -0.2) is 4.39 Å². The molecule has 4 nitrogen and oxygen atoms in total. The Morgan fingerprint density at radius 1 is 1.50 bits per heavy atom. The molecule has 0 saturated carbocycles. The Morgan fingerprint density at radius 2 is 2.22 bits per heavy atom. The zero-order chi connectivity index (χ0) is 13.5. The normalized spacial score (nSPS) is 9.94. The lowest BCUT2D eigenvalue weighted by Crippen LogP contribution is -2.29. The minimum Gasteiger partial charge on any atom is -0.491 e. The van der Waals surface area contributed by atoms with Crippen LogP contribution in [0.25, 0.3) is 0 Å². The highest BCUT2D eigenvalue weighted by molar-refractivity contribution is 6.23. The molecule has 0 spiro atoms. The number of likely N-dealkylation sites (N-methyl/N-ethyl adjacent to an activating group) is 1. The Bertz CT molecular complexity index is 434. The molecule has 0 aliphatic heterocycles. The maximum absolute atomic E-state index is 13.5. The van der Waals surface area contributed by atoms with Crippen LogP contribution >= 0.6 is 0 Å². The summed E-state index contributed by atoms with van der Waals surface area (Å²) in [5, 5.41) is 0. The first kappa shape index (κ1) is 14.2. The lowest BCUT2D eigenvalue weighted by atomic mass is 10.1. The first-order valence-corrected chi connectivity index (χ1v) is 5.70. The van der Waals surface area contributed by atoms with E-state index in [4.69, 9.17) is 4.74 Å². The smallest absolute Gasteiger partial charge is 0.286 e. The van der Waals surface area contributed by atoms with E-state index in [1.165, 1.54) is 18.0 Å². The summed E-state index contributed by atoms with van der Waals surface area (Å²) in [4.78, 5) is 22.6.